The van der Waals surface area contributed by atoms with Gasteiger partial charge in [0.15, 0.2) is 6.10 Å². The van der Waals surface area contributed by atoms with Gasteiger partial charge in [0.2, 0.25) is 0 Å². The topological polar surface area (TPSA) is 84.9 Å². The van der Waals surface area contributed by atoms with Gasteiger partial charge in [0, 0.05) is 6.54 Å². The molecule has 6 heteroatoms. The van der Waals surface area contributed by atoms with E-state index in [0.717, 1.165) is 5.56 Å². The minimum Gasteiger partial charge on any atom is -0.481 e. The number of nitrogens with one attached hydrogen (secondary N) is 1. The molecule has 1 aromatic rings. The zero-order chi connectivity index (χ0) is 17.4. The molecule has 0 aliphatic carbocycles. The number of hydrogen-bond donors (Lipinski definition) is 2. The molecule has 6 nitrogen and oxygen atoms in total. The van der Waals surface area contributed by atoms with Crippen molar-refractivity contribution in [3.8, 4) is 5.75 Å². The number of hydrogen-bond acceptors (Lipinski definition) is 4. The number of carbonyl (C=O) groups is 2. The van der Waals surface area contributed by atoms with Crippen molar-refractivity contribution >= 4 is 11.9 Å². The van der Waals surface area contributed by atoms with Gasteiger partial charge in [-0.05, 0) is 43.0 Å². The van der Waals surface area contributed by atoms with Gasteiger partial charge in [-0.2, -0.15) is 0 Å². The summed E-state index contributed by atoms with van der Waals surface area (Å²) in [6, 6.07) is 5.80. The first-order valence-corrected chi connectivity index (χ1v) is 7.65. The molecule has 0 heterocycles. The Morgan fingerprint density at radius 3 is 2.52 bits per heavy atom. The fraction of sp³-hybridized carbons (Fsp3) is 0.529. The molecule has 0 aliphatic rings. The molecular formula is C17H25NO5. The third kappa shape index (κ3) is 6.69. The van der Waals surface area contributed by atoms with E-state index >= 15 is 0 Å². The Kier molecular flexibility index (Phi) is 7.54. The second kappa shape index (κ2) is 9.15. The molecular weight excluding hydrogens is 298 g/mol. The van der Waals surface area contributed by atoms with Crippen LogP contribution < -0.4 is 10.1 Å². The molecule has 1 rings (SSSR count). The van der Waals surface area contributed by atoms with Crippen LogP contribution in [0.25, 0.3) is 0 Å². The van der Waals surface area contributed by atoms with Crippen LogP contribution in [-0.4, -0.2) is 42.8 Å². The van der Waals surface area contributed by atoms with Crippen LogP contribution in [0.4, 0.5) is 0 Å². The van der Waals surface area contributed by atoms with Gasteiger partial charge < -0.3 is 19.9 Å². The predicted octanol–water partition coefficient (Wildman–Crippen LogP) is 2.10. The van der Waals surface area contributed by atoms with Gasteiger partial charge in [-0.15, -0.1) is 0 Å². The van der Waals surface area contributed by atoms with Crippen LogP contribution in [-0.2, 0) is 14.3 Å². The number of aliphatic carboxylic acids is 1. The van der Waals surface area contributed by atoms with Gasteiger partial charge in [-0.3, -0.25) is 4.79 Å². The third-order valence-electron chi connectivity index (χ3n) is 3.32. The Bertz CT molecular complexity index is 542. The lowest BCUT2D eigenvalue weighted by Gasteiger charge is -2.17. The lowest BCUT2D eigenvalue weighted by Crippen LogP contribution is -2.38. The van der Waals surface area contributed by atoms with Crippen LogP contribution in [0, 0.1) is 6.92 Å². The molecule has 0 radical (unpaired) electrons. The van der Waals surface area contributed by atoms with Gasteiger partial charge in [0.05, 0.1) is 6.61 Å². The van der Waals surface area contributed by atoms with Crippen molar-refractivity contribution in [2.75, 3.05) is 19.8 Å². The predicted molar refractivity (Wildman–Crippen MR) is 86.8 cm³/mol. The Morgan fingerprint density at radius 1 is 1.26 bits per heavy atom. The molecule has 1 atom stereocenters. The minimum absolute atomic E-state index is 0.146. The molecule has 0 aliphatic heterocycles. The maximum absolute atomic E-state index is 11.9. The standard InChI is InChI=1S/C17H25NO5/c1-11(2)15-6-5-14(9-12(15)3)23-13(4)17(21)18-7-8-22-10-16(19)20/h5-6,9,11,13H,7-8,10H2,1-4H3,(H,18,21)(H,19,20). The maximum Gasteiger partial charge on any atom is 0.329 e. The van der Waals surface area contributed by atoms with Crippen molar-refractivity contribution in [3.05, 3.63) is 29.3 Å². The van der Waals surface area contributed by atoms with Gasteiger partial charge in [0.1, 0.15) is 12.4 Å². The number of benzene rings is 1. The highest BCUT2D eigenvalue weighted by Crippen LogP contribution is 2.24. The second-order valence-electron chi connectivity index (χ2n) is 5.67. The summed E-state index contributed by atoms with van der Waals surface area (Å²) in [5, 5.41) is 11.1. The highest BCUT2D eigenvalue weighted by Gasteiger charge is 2.15. The SMILES string of the molecule is Cc1cc(OC(C)C(=O)NCCOCC(=O)O)ccc1C(C)C. The average molecular weight is 323 g/mol. The molecule has 1 unspecified atom stereocenters. The highest BCUT2D eigenvalue weighted by atomic mass is 16.5. The number of carbonyl (C=O) groups excluding carboxylic acids is 1. The molecule has 0 fully saturated rings. The highest BCUT2D eigenvalue weighted by molar-refractivity contribution is 5.80. The van der Waals surface area contributed by atoms with E-state index in [1.807, 2.05) is 25.1 Å². The number of carboxylic acids is 1. The first kappa shape index (κ1) is 19.0. The van der Waals surface area contributed by atoms with E-state index in [2.05, 4.69) is 19.2 Å². The van der Waals surface area contributed by atoms with Crippen molar-refractivity contribution in [2.45, 2.75) is 39.7 Å². The van der Waals surface area contributed by atoms with Gasteiger partial charge in [-0.1, -0.05) is 19.9 Å². The summed E-state index contributed by atoms with van der Waals surface area (Å²) in [5.41, 5.74) is 2.39. The Balaban J connectivity index is 2.43. The van der Waals surface area contributed by atoms with E-state index in [-0.39, 0.29) is 25.7 Å². The Hall–Kier alpha value is -2.08. The molecule has 0 saturated carbocycles. The zero-order valence-electron chi connectivity index (χ0n) is 14.1. The Morgan fingerprint density at radius 2 is 1.96 bits per heavy atom. The van der Waals surface area contributed by atoms with Crippen LogP contribution in [0.3, 0.4) is 0 Å². The summed E-state index contributed by atoms with van der Waals surface area (Å²) in [4.78, 5) is 22.2. The largest absolute Gasteiger partial charge is 0.481 e. The average Bonchev–Trinajstić information content (AvgIpc) is 2.45. The van der Waals surface area contributed by atoms with E-state index in [1.165, 1.54) is 5.56 Å². The van der Waals surface area contributed by atoms with Crippen molar-refractivity contribution in [1.29, 1.82) is 0 Å². The summed E-state index contributed by atoms with van der Waals surface area (Å²) in [6.45, 7) is 7.96. The Labute approximate surface area is 136 Å². The zero-order valence-corrected chi connectivity index (χ0v) is 14.1. The lowest BCUT2D eigenvalue weighted by atomic mass is 9.98. The van der Waals surface area contributed by atoms with Crippen molar-refractivity contribution < 1.29 is 24.2 Å². The van der Waals surface area contributed by atoms with E-state index in [4.69, 9.17) is 14.6 Å². The summed E-state index contributed by atoms with van der Waals surface area (Å²) >= 11 is 0. The van der Waals surface area contributed by atoms with Crippen LogP contribution in [0.15, 0.2) is 18.2 Å². The maximum atomic E-state index is 11.9. The normalized spacial score (nSPS) is 12.0. The number of carboxylic acid groups (broad SMARTS) is 1. The summed E-state index contributed by atoms with van der Waals surface area (Å²) in [5.74, 6) is -0.213. The molecule has 1 amide bonds. The fourth-order valence-electron chi connectivity index (χ4n) is 2.18. The van der Waals surface area contributed by atoms with Crippen LogP contribution in [0.1, 0.15) is 37.8 Å². The third-order valence-corrected chi connectivity index (χ3v) is 3.32. The molecule has 23 heavy (non-hydrogen) atoms. The first-order valence-electron chi connectivity index (χ1n) is 7.65. The number of aryl methyl sites for hydroxylation is 1. The molecule has 128 valence electrons. The van der Waals surface area contributed by atoms with Gasteiger partial charge in [0.25, 0.3) is 5.91 Å². The lowest BCUT2D eigenvalue weighted by molar-refractivity contribution is -0.142. The van der Waals surface area contributed by atoms with Crippen LogP contribution >= 0.6 is 0 Å². The van der Waals surface area contributed by atoms with E-state index in [0.29, 0.717) is 11.7 Å². The van der Waals surface area contributed by atoms with Crippen molar-refractivity contribution in [2.24, 2.45) is 0 Å². The minimum atomic E-state index is -1.03. The molecule has 0 spiro atoms. The fourth-order valence-corrected chi connectivity index (χ4v) is 2.18. The smallest absolute Gasteiger partial charge is 0.329 e. The number of rotatable bonds is 9. The molecule has 0 aromatic heterocycles. The molecule has 0 bridgehead atoms. The van der Waals surface area contributed by atoms with Gasteiger partial charge in [-0.25, -0.2) is 4.79 Å². The number of ether oxygens (including phenoxy) is 2. The summed E-state index contributed by atoms with van der Waals surface area (Å²) < 4.78 is 10.5. The van der Waals surface area contributed by atoms with Crippen molar-refractivity contribution in [3.63, 3.8) is 0 Å². The van der Waals surface area contributed by atoms with E-state index < -0.39 is 12.1 Å². The van der Waals surface area contributed by atoms with E-state index in [1.54, 1.807) is 6.92 Å². The van der Waals surface area contributed by atoms with Crippen LogP contribution in [0.2, 0.25) is 0 Å². The first-order chi connectivity index (χ1) is 10.8. The van der Waals surface area contributed by atoms with Crippen LogP contribution in [0.5, 0.6) is 5.75 Å². The monoisotopic (exact) mass is 323 g/mol. The van der Waals surface area contributed by atoms with Crippen molar-refractivity contribution in [1.82, 2.24) is 5.32 Å². The molecule has 1 aromatic carbocycles. The van der Waals surface area contributed by atoms with E-state index in [9.17, 15) is 9.59 Å². The summed E-state index contributed by atoms with van der Waals surface area (Å²) in [6.07, 6.45) is -0.640. The summed E-state index contributed by atoms with van der Waals surface area (Å²) in [7, 11) is 0. The molecule has 2 N–H and O–H groups in total. The second-order valence-corrected chi connectivity index (χ2v) is 5.67. The number of amides is 1. The quantitative estimate of drug-likeness (QED) is 0.680. The molecule has 0 saturated heterocycles. The van der Waals surface area contributed by atoms with Gasteiger partial charge >= 0.3 is 5.97 Å².